The van der Waals surface area contributed by atoms with E-state index in [1.54, 1.807) is 5.38 Å². The maximum atomic E-state index is 11.8. The zero-order chi connectivity index (χ0) is 11.9. The molecule has 2 atom stereocenters. The molecule has 16 heavy (non-hydrogen) atoms. The van der Waals surface area contributed by atoms with Crippen LogP contribution in [0, 0.1) is 5.41 Å². The summed E-state index contributed by atoms with van der Waals surface area (Å²) in [5, 5.41) is 14.4. The summed E-state index contributed by atoms with van der Waals surface area (Å²) in [6.45, 7) is 3.86. The van der Waals surface area contributed by atoms with Gasteiger partial charge in [0.1, 0.15) is 5.69 Å². The van der Waals surface area contributed by atoms with E-state index in [-0.39, 0.29) is 23.5 Å². The van der Waals surface area contributed by atoms with E-state index in [1.165, 1.54) is 11.3 Å². The smallest absolute Gasteiger partial charge is 0.271 e. The first-order chi connectivity index (χ1) is 7.41. The standard InChI is InChI=1S/C10H15N3O2S/c1-10(2)6(3-7(10)14)13-8(15)5-4-16-9(11)12-5/h4,6-7,14H,3H2,1-2H3,(H2,11,12)(H,13,15). The zero-order valence-corrected chi connectivity index (χ0v) is 10.0. The second-order valence-corrected chi connectivity index (χ2v) is 5.56. The number of nitrogen functional groups attached to an aromatic ring is 1. The van der Waals surface area contributed by atoms with Crippen molar-refractivity contribution < 1.29 is 9.90 Å². The SMILES string of the molecule is CC1(C)C(O)CC1NC(=O)c1csc(N)n1. The highest BCUT2D eigenvalue weighted by Gasteiger charge is 2.48. The van der Waals surface area contributed by atoms with Gasteiger partial charge in [0.2, 0.25) is 0 Å². The number of amides is 1. The van der Waals surface area contributed by atoms with Crippen molar-refractivity contribution >= 4 is 22.4 Å². The fraction of sp³-hybridized carbons (Fsp3) is 0.600. The van der Waals surface area contributed by atoms with Crippen LogP contribution in [-0.4, -0.2) is 28.1 Å². The minimum Gasteiger partial charge on any atom is -0.392 e. The number of nitrogens with zero attached hydrogens (tertiary/aromatic N) is 1. The summed E-state index contributed by atoms with van der Waals surface area (Å²) in [6, 6.07) is -0.00192. The number of aliphatic hydroxyl groups is 1. The second kappa shape index (κ2) is 3.71. The molecule has 2 unspecified atom stereocenters. The van der Waals surface area contributed by atoms with Crippen molar-refractivity contribution in [1.82, 2.24) is 10.3 Å². The number of anilines is 1. The van der Waals surface area contributed by atoms with Gasteiger partial charge in [-0.3, -0.25) is 4.79 Å². The quantitative estimate of drug-likeness (QED) is 0.708. The molecule has 0 aliphatic heterocycles. The van der Waals surface area contributed by atoms with Gasteiger partial charge in [-0.1, -0.05) is 13.8 Å². The molecule has 1 fully saturated rings. The van der Waals surface area contributed by atoms with E-state index in [1.807, 2.05) is 13.8 Å². The van der Waals surface area contributed by atoms with Gasteiger partial charge < -0.3 is 16.2 Å². The molecular formula is C10H15N3O2S. The molecule has 0 spiro atoms. The number of nitrogens with one attached hydrogen (secondary N) is 1. The van der Waals surface area contributed by atoms with Crippen LogP contribution in [0.15, 0.2) is 5.38 Å². The highest BCUT2D eigenvalue weighted by Crippen LogP contribution is 2.40. The van der Waals surface area contributed by atoms with Crippen LogP contribution in [-0.2, 0) is 0 Å². The third-order valence-corrected chi connectivity index (χ3v) is 3.95. The van der Waals surface area contributed by atoms with Gasteiger partial charge in [0.25, 0.3) is 5.91 Å². The molecule has 4 N–H and O–H groups in total. The van der Waals surface area contributed by atoms with Crippen molar-refractivity contribution in [3.63, 3.8) is 0 Å². The van der Waals surface area contributed by atoms with E-state index >= 15 is 0 Å². The Balaban J connectivity index is 1.99. The van der Waals surface area contributed by atoms with Gasteiger partial charge in [-0.2, -0.15) is 0 Å². The molecule has 2 rings (SSSR count). The minimum atomic E-state index is -0.349. The molecule has 0 bridgehead atoms. The molecule has 1 amide bonds. The largest absolute Gasteiger partial charge is 0.392 e. The molecule has 0 radical (unpaired) electrons. The van der Waals surface area contributed by atoms with Crippen molar-refractivity contribution in [2.75, 3.05) is 5.73 Å². The van der Waals surface area contributed by atoms with E-state index in [4.69, 9.17) is 5.73 Å². The van der Waals surface area contributed by atoms with E-state index in [0.717, 1.165) is 0 Å². The number of nitrogens with two attached hydrogens (primary N) is 1. The molecule has 88 valence electrons. The monoisotopic (exact) mass is 241 g/mol. The van der Waals surface area contributed by atoms with E-state index < -0.39 is 0 Å². The molecule has 0 saturated heterocycles. The van der Waals surface area contributed by atoms with Crippen molar-refractivity contribution in [2.45, 2.75) is 32.4 Å². The second-order valence-electron chi connectivity index (χ2n) is 4.67. The number of thiazole rings is 1. The normalized spacial score (nSPS) is 27.2. The Labute approximate surface area is 97.7 Å². The van der Waals surface area contributed by atoms with Crippen molar-refractivity contribution in [3.05, 3.63) is 11.1 Å². The first-order valence-electron chi connectivity index (χ1n) is 5.11. The van der Waals surface area contributed by atoms with Gasteiger partial charge in [-0.25, -0.2) is 4.98 Å². The van der Waals surface area contributed by atoms with Gasteiger partial charge in [0, 0.05) is 16.8 Å². The van der Waals surface area contributed by atoms with Gasteiger partial charge in [-0.15, -0.1) is 11.3 Å². The van der Waals surface area contributed by atoms with Crippen LogP contribution < -0.4 is 11.1 Å². The van der Waals surface area contributed by atoms with Gasteiger partial charge in [0.05, 0.1) is 6.10 Å². The predicted octanol–water partition coefficient (Wildman–Crippen LogP) is 0.614. The number of hydrogen-bond acceptors (Lipinski definition) is 5. The summed E-state index contributed by atoms with van der Waals surface area (Å²) in [4.78, 5) is 15.7. The highest BCUT2D eigenvalue weighted by atomic mass is 32.1. The summed E-state index contributed by atoms with van der Waals surface area (Å²) in [7, 11) is 0. The van der Waals surface area contributed by atoms with Crippen LogP contribution in [0.1, 0.15) is 30.8 Å². The Hall–Kier alpha value is -1.14. The average Bonchev–Trinajstić information content (AvgIpc) is 2.64. The molecule has 0 aromatic carbocycles. The van der Waals surface area contributed by atoms with Crippen LogP contribution in [0.4, 0.5) is 5.13 Å². The Morgan fingerprint density at radius 1 is 1.75 bits per heavy atom. The van der Waals surface area contributed by atoms with E-state index in [9.17, 15) is 9.90 Å². The lowest BCUT2D eigenvalue weighted by Crippen LogP contribution is -2.61. The van der Waals surface area contributed by atoms with Crippen LogP contribution in [0.5, 0.6) is 0 Å². The fourth-order valence-electron chi connectivity index (χ4n) is 1.77. The molecule has 1 aromatic heterocycles. The maximum absolute atomic E-state index is 11.8. The number of aliphatic hydroxyl groups excluding tert-OH is 1. The summed E-state index contributed by atoms with van der Waals surface area (Å²) in [6.07, 6.45) is 0.247. The van der Waals surface area contributed by atoms with Gasteiger partial charge in [-0.05, 0) is 6.42 Å². The Morgan fingerprint density at radius 2 is 2.44 bits per heavy atom. The summed E-state index contributed by atoms with van der Waals surface area (Å²) < 4.78 is 0. The Morgan fingerprint density at radius 3 is 2.88 bits per heavy atom. The minimum absolute atomic E-state index is 0.00192. The first kappa shape index (κ1) is 11.3. The number of carbonyl (C=O) groups excluding carboxylic acids is 1. The molecule has 1 aromatic rings. The van der Waals surface area contributed by atoms with Crippen molar-refractivity contribution in [1.29, 1.82) is 0 Å². The number of aromatic nitrogens is 1. The predicted molar refractivity (Wildman–Crippen MR) is 62.2 cm³/mol. The summed E-state index contributed by atoms with van der Waals surface area (Å²) in [5.41, 5.74) is 5.54. The molecule has 1 saturated carbocycles. The fourth-order valence-corrected chi connectivity index (χ4v) is 2.31. The Bertz CT molecular complexity index is 416. The Kier molecular flexibility index (Phi) is 2.63. The molecular weight excluding hydrogens is 226 g/mol. The van der Waals surface area contributed by atoms with Crippen LogP contribution >= 0.6 is 11.3 Å². The van der Waals surface area contributed by atoms with Gasteiger partial charge >= 0.3 is 0 Å². The van der Waals surface area contributed by atoms with Crippen molar-refractivity contribution in [2.24, 2.45) is 5.41 Å². The molecule has 5 nitrogen and oxygen atoms in total. The maximum Gasteiger partial charge on any atom is 0.271 e. The van der Waals surface area contributed by atoms with E-state index in [2.05, 4.69) is 10.3 Å². The molecule has 1 heterocycles. The van der Waals surface area contributed by atoms with E-state index in [0.29, 0.717) is 17.2 Å². The topological polar surface area (TPSA) is 88.2 Å². The molecule has 1 aliphatic carbocycles. The van der Waals surface area contributed by atoms with Gasteiger partial charge in [0.15, 0.2) is 5.13 Å². The number of hydrogen-bond donors (Lipinski definition) is 3. The first-order valence-corrected chi connectivity index (χ1v) is 5.99. The lowest BCUT2D eigenvalue weighted by Gasteiger charge is -2.49. The third kappa shape index (κ3) is 1.78. The lowest BCUT2D eigenvalue weighted by atomic mass is 9.64. The van der Waals surface area contributed by atoms with Crippen LogP contribution in [0.3, 0.4) is 0 Å². The summed E-state index contributed by atoms with van der Waals surface area (Å²) in [5.74, 6) is -0.224. The molecule has 6 heteroatoms. The van der Waals surface area contributed by atoms with Crippen LogP contribution in [0.2, 0.25) is 0 Å². The lowest BCUT2D eigenvalue weighted by molar-refractivity contribution is -0.0690. The zero-order valence-electron chi connectivity index (χ0n) is 9.23. The summed E-state index contributed by atoms with van der Waals surface area (Å²) >= 11 is 1.24. The molecule has 1 aliphatic rings. The highest BCUT2D eigenvalue weighted by molar-refractivity contribution is 7.13. The third-order valence-electron chi connectivity index (χ3n) is 3.28. The van der Waals surface area contributed by atoms with Crippen LogP contribution in [0.25, 0.3) is 0 Å². The average molecular weight is 241 g/mol. The van der Waals surface area contributed by atoms with Crippen molar-refractivity contribution in [3.8, 4) is 0 Å². The number of rotatable bonds is 2. The number of carbonyl (C=O) groups is 1.